The summed E-state index contributed by atoms with van der Waals surface area (Å²) < 4.78 is 5.45. The Bertz CT molecular complexity index is 900. The number of hydrogen-bond acceptors (Lipinski definition) is 7. The van der Waals surface area contributed by atoms with E-state index in [1.54, 1.807) is 10.3 Å². The van der Waals surface area contributed by atoms with Gasteiger partial charge in [0.25, 0.3) is 5.91 Å². The molecular formula is C21H30N4O3S2. The second-order valence-corrected chi connectivity index (χ2v) is 11.3. The van der Waals surface area contributed by atoms with Gasteiger partial charge in [-0.3, -0.25) is 10.1 Å². The first-order chi connectivity index (χ1) is 13.9. The topological polar surface area (TPSA) is 84.4 Å². The third kappa shape index (κ3) is 5.78. The second kappa shape index (κ2) is 8.63. The number of thiazole rings is 2. The molecule has 1 aliphatic rings. The zero-order chi connectivity index (χ0) is 22.1. The molecule has 0 radical (unpaired) electrons. The monoisotopic (exact) mass is 450 g/mol. The third-order valence-electron chi connectivity index (χ3n) is 4.74. The third-order valence-corrected chi connectivity index (χ3v) is 6.51. The van der Waals surface area contributed by atoms with Crippen molar-refractivity contribution in [3.8, 4) is 0 Å². The largest absolute Gasteiger partial charge is 0.444 e. The molecule has 9 heteroatoms. The number of likely N-dealkylation sites (tertiary alicyclic amines) is 1. The molecule has 0 unspecified atom stereocenters. The highest BCUT2D eigenvalue weighted by Crippen LogP contribution is 2.31. The van der Waals surface area contributed by atoms with Crippen LogP contribution >= 0.6 is 22.7 Å². The van der Waals surface area contributed by atoms with Gasteiger partial charge in [-0.05, 0) is 33.6 Å². The van der Waals surface area contributed by atoms with Crippen LogP contribution in [-0.4, -0.2) is 45.6 Å². The molecule has 0 bridgehead atoms. The van der Waals surface area contributed by atoms with Gasteiger partial charge in [-0.25, -0.2) is 14.8 Å². The van der Waals surface area contributed by atoms with E-state index in [1.165, 1.54) is 22.7 Å². The maximum atomic E-state index is 12.6. The summed E-state index contributed by atoms with van der Waals surface area (Å²) in [6, 6.07) is 0. The Balaban J connectivity index is 1.56. The van der Waals surface area contributed by atoms with E-state index in [1.807, 2.05) is 26.2 Å². The average Bonchev–Trinajstić information content (AvgIpc) is 3.29. The summed E-state index contributed by atoms with van der Waals surface area (Å²) in [7, 11) is 0. The maximum Gasteiger partial charge on any atom is 0.410 e. The molecule has 1 aliphatic heterocycles. The first-order valence-corrected chi connectivity index (χ1v) is 11.9. The first-order valence-electron chi connectivity index (χ1n) is 10.1. The molecule has 164 valence electrons. The molecule has 2 aromatic rings. The highest BCUT2D eigenvalue weighted by molar-refractivity contribution is 7.14. The van der Waals surface area contributed by atoms with Crippen molar-refractivity contribution in [3.63, 3.8) is 0 Å². The van der Waals surface area contributed by atoms with Crippen LogP contribution in [0.1, 0.15) is 81.5 Å². The van der Waals surface area contributed by atoms with E-state index in [0.29, 0.717) is 23.9 Å². The van der Waals surface area contributed by atoms with Crippen LogP contribution in [0.4, 0.5) is 9.93 Å². The molecular weight excluding hydrogens is 420 g/mol. The van der Waals surface area contributed by atoms with Crippen molar-refractivity contribution < 1.29 is 14.3 Å². The summed E-state index contributed by atoms with van der Waals surface area (Å²) >= 11 is 2.92. The number of carbonyl (C=O) groups excluding carboxylic acids is 2. The van der Waals surface area contributed by atoms with Crippen molar-refractivity contribution in [1.29, 1.82) is 0 Å². The lowest BCUT2D eigenvalue weighted by Crippen LogP contribution is -2.41. The molecule has 3 rings (SSSR count). The first kappa shape index (κ1) is 22.7. The minimum absolute atomic E-state index is 0.0541. The number of hydrogen-bond donors (Lipinski definition) is 1. The van der Waals surface area contributed by atoms with E-state index in [2.05, 4.69) is 36.1 Å². The Morgan fingerprint density at radius 3 is 2.30 bits per heavy atom. The van der Waals surface area contributed by atoms with Gasteiger partial charge in [0.05, 0.1) is 10.7 Å². The summed E-state index contributed by atoms with van der Waals surface area (Å²) in [6.45, 7) is 13.2. The molecule has 0 aromatic carbocycles. The van der Waals surface area contributed by atoms with Crippen molar-refractivity contribution in [2.45, 2.75) is 71.3 Å². The molecule has 30 heavy (non-hydrogen) atoms. The molecule has 3 heterocycles. The zero-order valence-electron chi connectivity index (χ0n) is 18.4. The minimum Gasteiger partial charge on any atom is -0.444 e. The van der Waals surface area contributed by atoms with Crippen molar-refractivity contribution in [2.24, 2.45) is 0 Å². The lowest BCUT2D eigenvalue weighted by molar-refractivity contribution is 0.0204. The van der Waals surface area contributed by atoms with Crippen LogP contribution in [0.5, 0.6) is 0 Å². The van der Waals surface area contributed by atoms with Gasteiger partial charge in [0.15, 0.2) is 5.13 Å². The summed E-state index contributed by atoms with van der Waals surface area (Å²) in [5.74, 6) is 0.0149. The van der Waals surface area contributed by atoms with Gasteiger partial charge in [-0.2, -0.15) is 0 Å². The number of anilines is 1. The lowest BCUT2D eigenvalue weighted by atomic mass is 9.93. The van der Waals surface area contributed by atoms with Crippen LogP contribution in [0.15, 0.2) is 10.8 Å². The Morgan fingerprint density at radius 1 is 1.07 bits per heavy atom. The second-order valence-electron chi connectivity index (χ2n) is 9.55. The van der Waals surface area contributed by atoms with Crippen molar-refractivity contribution in [3.05, 3.63) is 27.2 Å². The van der Waals surface area contributed by atoms with E-state index < -0.39 is 5.60 Å². The van der Waals surface area contributed by atoms with Crippen molar-refractivity contribution in [2.75, 3.05) is 18.4 Å². The number of amides is 2. The molecule has 0 spiro atoms. The van der Waals surface area contributed by atoms with E-state index in [-0.39, 0.29) is 23.3 Å². The number of ether oxygens (including phenoxy) is 1. The molecule has 2 aromatic heterocycles. The summed E-state index contributed by atoms with van der Waals surface area (Å²) in [5, 5.41) is 8.15. The Morgan fingerprint density at radius 2 is 1.73 bits per heavy atom. The Labute approximate surface area is 185 Å². The number of carbonyl (C=O) groups is 2. The predicted molar refractivity (Wildman–Crippen MR) is 121 cm³/mol. The fraction of sp³-hybridized carbons (Fsp3) is 0.619. The van der Waals surface area contributed by atoms with E-state index in [0.717, 1.165) is 23.5 Å². The summed E-state index contributed by atoms with van der Waals surface area (Å²) in [4.78, 5) is 35.6. The van der Waals surface area contributed by atoms with Gasteiger partial charge in [0.1, 0.15) is 11.3 Å². The van der Waals surface area contributed by atoms with E-state index >= 15 is 0 Å². The minimum atomic E-state index is -0.490. The molecule has 2 amide bonds. The zero-order valence-corrected chi connectivity index (χ0v) is 20.1. The van der Waals surface area contributed by atoms with Gasteiger partial charge >= 0.3 is 6.09 Å². The van der Waals surface area contributed by atoms with Crippen molar-refractivity contribution in [1.82, 2.24) is 14.9 Å². The van der Waals surface area contributed by atoms with Crippen LogP contribution in [0.2, 0.25) is 0 Å². The lowest BCUT2D eigenvalue weighted by Gasteiger charge is -2.32. The SMILES string of the molecule is CC(C)(C)OC(=O)N1CCC(c2nc(C(=O)Nc3nc(C(C)(C)C)cs3)cs2)CC1. The standard InChI is InChI=1S/C21H30N4O3S2/c1-20(2,3)15-12-30-18(23-15)24-16(26)14-11-29-17(22-14)13-7-9-25(10-8-13)19(27)28-21(4,5)6/h11-13H,7-10H2,1-6H3,(H,23,24,26). The smallest absolute Gasteiger partial charge is 0.410 e. The fourth-order valence-corrected chi connectivity index (χ4v) is 4.96. The summed E-state index contributed by atoms with van der Waals surface area (Å²) in [5.41, 5.74) is 0.827. The van der Waals surface area contributed by atoms with E-state index in [4.69, 9.17) is 4.74 Å². The molecule has 1 fully saturated rings. The van der Waals surface area contributed by atoms with E-state index in [9.17, 15) is 9.59 Å². The van der Waals surface area contributed by atoms with Gasteiger partial charge < -0.3 is 9.64 Å². The highest BCUT2D eigenvalue weighted by Gasteiger charge is 2.29. The normalized spacial score (nSPS) is 15.9. The summed E-state index contributed by atoms with van der Waals surface area (Å²) in [6.07, 6.45) is 1.36. The van der Waals surface area contributed by atoms with Gasteiger partial charge in [-0.1, -0.05) is 20.8 Å². The maximum absolute atomic E-state index is 12.6. The van der Waals surface area contributed by atoms with Crippen LogP contribution in [-0.2, 0) is 10.2 Å². The van der Waals surface area contributed by atoms with Gasteiger partial charge in [0, 0.05) is 35.2 Å². The van der Waals surface area contributed by atoms with Gasteiger partial charge in [0.2, 0.25) is 0 Å². The fourth-order valence-electron chi connectivity index (χ4n) is 3.05. The molecule has 7 nitrogen and oxygen atoms in total. The number of piperidine rings is 1. The number of rotatable bonds is 3. The quantitative estimate of drug-likeness (QED) is 0.689. The van der Waals surface area contributed by atoms with Crippen LogP contribution in [0.3, 0.4) is 0 Å². The predicted octanol–water partition coefficient (Wildman–Crippen LogP) is 5.26. The Hall–Kier alpha value is -2.00. The molecule has 0 aliphatic carbocycles. The average molecular weight is 451 g/mol. The Kier molecular flexibility index (Phi) is 6.52. The molecule has 0 atom stereocenters. The molecule has 1 N–H and O–H groups in total. The molecule has 0 saturated carbocycles. The number of nitrogens with one attached hydrogen (secondary N) is 1. The number of nitrogens with zero attached hydrogens (tertiary/aromatic N) is 3. The van der Waals surface area contributed by atoms with Crippen LogP contribution < -0.4 is 5.32 Å². The molecule has 1 saturated heterocycles. The van der Waals surface area contributed by atoms with Gasteiger partial charge in [-0.15, -0.1) is 22.7 Å². The number of aromatic nitrogens is 2. The van der Waals surface area contributed by atoms with Crippen LogP contribution in [0, 0.1) is 0 Å². The van der Waals surface area contributed by atoms with Crippen LogP contribution in [0.25, 0.3) is 0 Å². The van der Waals surface area contributed by atoms with Crippen molar-refractivity contribution >= 4 is 39.8 Å². The highest BCUT2D eigenvalue weighted by atomic mass is 32.1.